The highest BCUT2D eigenvalue weighted by Gasteiger charge is 2.42. The lowest BCUT2D eigenvalue weighted by Crippen LogP contribution is -2.35. The first kappa shape index (κ1) is 21.8. The molecule has 0 aliphatic carbocycles. The molecular weight excluding hydrogens is 418 g/mol. The van der Waals surface area contributed by atoms with Gasteiger partial charge in [0.15, 0.2) is 5.79 Å². The van der Waals surface area contributed by atoms with Gasteiger partial charge in [0.05, 0.1) is 60.9 Å². The van der Waals surface area contributed by atoms with Crippen LogP contribution in [0.2, 0.25) is 0 Å². The molecule has 0 N–H and O–H groups in total. The number of rotatable bonds is 7. The fourth-order valence-corrected chi connectivity index (χ4v) is 4.58. The Morgan fingerprint density at radius 1 is 1.00 bits per heavy atom. The third-order valence-corrected chi connectivity index (χ3v) is 6.22. The Morgan fingerprint density at radius 3 is 2.52 bits per heavy atom. The summed E-state index contributed by atoms with van der Waals surface area (Å²) in [5.41, 5.74) is 4.08. The summed E-state index contributed by atoms with van der Waals surface area (Å²) < 4.78 is 17.7. The van der Waals surface area contributed by atoms with Gasteiger partial charge >= 0.3 is 0 Å². The highest BCUT2D eigenvalue weighted by molar-refractivity contribution is 5.78. The monoisotopic (exact) mass is 449 g/mol. The molecule has 0 amide bonds. The highest BCUT2D eigenvalue weighted by Crippen LogP contribution is 2.32. The van der Waals surface area contributed by atoms with Crippen LogP contribution in [0.3, 0.4) is 0 Å². The van der Waals surface area contributed by atoms with Crippen molar-refractivity contribution in [2.75, 3.05) is 6.61 Å². The summed E-state index contributed by atoms with van der Waals surface area (Å²) in [5, 5.41) is 13.6. The lowest BCUT2D eigenvalue weighted by Gasteiger charge is -2.24. The van der Waals surface area contributed by atoms with Crippen molar-refractivity contribution in [3.05, 3.63) is 43.2 Å². The summed E-state index contributed by atoms with van der Waals surface area (Å²) in [6.45, 7) is 11.4. The quantitative estimate of drug-likeness (QED) is 0.417. The molecule has 1 aliphatic rings. The van der Waals surface area contributed by atoms with Crippen LogP contribution in [0.5, 0.6) is 0 Å². The van der Waals surface area contributed by atoms with Crippen molar-refractivity contribution in [2.45, 2.75) is 71.4 Å². The molecule has 1 atom stereocenters. The average Bonchev–Trinajstić information content (AvgIpc) is 3.55. The summed E-state index contributed by atoms with van der Waals surface area (Å²) in [5.74, 6) is -0.578. The highest BCUT2D eigenvalue weighted by atomic mass is 16.8. The van der Waals surface area contributed by atoms with E-state index in [1.807, 2.05) is 65.5 Å². The maximum atomic E-state index is 6.10. The summed E-state index contributed by atoms with van der Waals surface area (Å²) in [4.78, 5) is 5.00. The second kappa shape index (κ2) is 8.07. The molecule has 1 fully saturated rings. The normalized spacial score (nSPS) is 20.3. The van der Waals surface area contributed by atoms with E-state index >= 15 is 0 Å². The molecule has 174 valence electrons. The minimum absolute atomic E-state index is 0.384. The Morgan fingerprint density at radius 2 is 1.79 bits per heavy atom. The van der Waals surface area contributed by atoms with Gasteiger partial charge in [-0.05, 0) is 39.7 Å². The molecule has 0 aromatic carbocycles. The topological polar surface area (TPSA) is 84.3 Å². The lowest BCUT2D eigenvalue weighted by atomic mass is 10.1. The predicted octanol–water partition coefficient (Wildman–Crippen LogP) is 4.36. The van der Waals surface area contributed by atoms with Gasteiger partial charge in [0, 0.05) is 23.5 Å². The Hall–Kier alpha value is -3.04. The molecule has 0 unspecified atom stereocenters. The average molecular weight is 450 g/mol. The van der Waals surface area contributed by atoms with E-state index in [4.69, 9.17) is 14.5 Å². The van der Waals surface area contributed by atoms with E-state index in [9.17, 15) is 0 Å². The smallest absolute Gasteiger partial charge is 0.163 e. The third kappa shape index (κ3) is 4.18. The van der Waals surface area contributed by atoms with Crippen molar-refractivity contribution in [3.8, 4) is 22.5 Å². The van der Waals surface area contributed by atoms with E-state index < -0.39 is 11.4 Å². The molecule has 0 bridgehead atoms. The maximum Gasteiger partial charge on any atom is 0.163 e. The molecular formula is C24H31N7O2. The molecule has 0 radical (unpaired) electrons. The van der Waals surface area contributed by atoms with Crippen LogP contribution in [-0.2, 0) is 16.0 Å². The number of nitrogens with zero attached hydrogens (tertiary/aromatic N) is 7. The summed E-state index contributed by atoms with van der Waals surface area (Å²) in [6.07, 6.45) is 13.6. The van der Waals surface area contributed by atoms with Crippen LogP contribution in [0.4, 0.5) is 0 Å². The van der Waals surface area contributed by atoms with Crippen LogP contribution >= 0.6 is 0 Å². The van der Waals surface area contributed by atoms with Crippen molar-refractivity contribution >= 4 is 5.52 Å². The van der Waals surface area contributed by atoms with E-state index in [2.05, 4.69) is 35.3 Å². The van der Waals surface area contributed by atoms with Gasteiger partial charge in [-0.1, -0.05) is 13.8 Å². The molecule has 33 heavy (non-hydrogen) atoms. The molecule has 4 aromatic rings. The second-order valence-corrected chi connectivity index (χ2v) is 9.48. The molecule has 0 spiro atoms. The Balaban J connectivity index is 1.47. The molecule has 9 heteroatoms. The Labute approximate surface area is 193 Å². The van der Waals surface area contributed by atoms with Crippen LogP contribution in [0.25, 0.3) is 28.0 Å². The molecule has 4 aromatic heterocycles. The lowest BCUT2D eigenvalue weighted by molar-refractivity contribution is -0.160. The number of aromatic nitrogens is 7. The zero-order chi connectivity index (χ0) is 23.2. The SMILES string of the molecule is CCC(CC)n1cc(-c2nc(-c3cnn(C[C@]4(C)COC(C)(C)O4)c3)cn3nccc23)cn1. The molecule has 9 nitrogen and oxygen atoms in total. The van der Waals surface area contributed by atoms with Crippen LogP contribution in [0, 0.1) is 0 Å². The predicted molar refractivity (Wildman–Crippen MR) is 125 cm³/mol. The van der Waals surface area contributed by atoms with Gasteiger partial charge in [-0.3, -0.25) is 9.36 Å². The first-order valence-corrected chi connectivity index (χ1v) is 11.5. The van der Waals surface area contributed by atoms with Crippen molar-refractivity contribution in [1.29, 1.82) is 0 Å². The fraction of sp³-hybridized carbons (Fsp3) is 0.500. The standard InChI is InChI=1S/C24H31N7O2/c1-6-19(7-2)30-13-18(11-27-30)22-21-8-9-25-31(21)14-20(28-22)17-10-26-29(12-17)15-24(5)16-32-23(3,4)33-24/h8-14,19H,6-7,15-16H2,1-5H3/t24-/m1/s1. The van der Waals surface area contributed by atoms with E-state index in [0.29, 0.717) is 19.2 Å². The fourth-order valence-electron chi connectivity index (χ4n) is 4.58. The van der Waals surface area contributed by atoms with Crippen LogP contribution in [-0.4, -0.2) is 52.2 Å². The van der Waals surface area contributed by atoms with Gasteiger partial charge in [-0.2, -0.15) is 15.3 Å². The van der Waals surface area contributed by atoms with Crippen LogP contribution in [0.1, 0.15) is 53.5 Å². The second-order valence-electron chi connectivity index (χ2n) is 9.48. The minimum atomic E-state index is -0.578. The van der Waals surface area contributed by atoms with E-state index in [1.54, 1.807) is 6.20 Å². The summed E-state index contributed by atoms with van der Waals surface area (Å²) >= 11 is 0. The summed E-state index contributed by atoms with van der Waals surface area (Å²) in [7, 11) is 0. The maximum absolute atomic E-state index is 6.10. The minimum Gasteiger partial charge on any atom is -0.347 e. The number of hydrogen-bond donors (Lipinski definition) is 0. The van der Waals surface area contributed by atoms with Gasteiger partial charge in [0.1, 0.15) is 5.60 Å². The molecule has 0 saturated carbocycles. The number of hydrogen-bond acceptors (Lipinski definition) is 6. The van der Waals surface area contributed by atoms with Gasteiger partial charge in [0.25, 0.3) is 0 Å². The van der Waals surface area contributed by atoms with Crippen molar-refractivity contribution in [2.24, 2.45) is 0 Å². The first-order chi connectivity index (χ1) is 15.8. The van der Waals surface area contributed by atoms with Crippen LogP contribution < -0.4 is 0 Å². The van der Waals surface area contributed by atoms with E-state index in [1.165, 1.54) is 0 Å². The molecule has 1 saturated heterocycles. The largest absolute Gasteiger partial charge is 0.347 e. The van der Waals surface area contributed by atoms with Crippen molar-refractivity contribution in [3.63, 3.8) is 0 Å². The Kier molecular flexibility index (Phi) is 5.33. The zero-order valence-electron chi connectivity index (χ0n) is 19.9. The number of ether oxygens (including phenoxy) is 2. The number of fused-ring (bicyclic) bond motifs is 1. The first-order valence-electron chi connectivity index (χ1n) is 11.5. The van der Waals surface area contributed by atoms with Crippen molar-refractivity contribution in [1.82, 2.24) is 34.2 Å². The zero-order valence-corrected chi connectivity index (χ0v) is 19.9. The third-order valence-electron chi connectivity index (χ3n) is 6.22. The van der Waals surface area contributed by atoms with E-state index in [-0.39, 0.29) is 0 Å². The molecule has 5 rings (SSSR count). The van der Waals surface area contributed by atoms with Crippen LogP contribution in [0.15, 0.2) is 43.2 Å². The van der Waals surface area contributed by atoms with Gasteiger partial charge in [-0.15, -0.1) is 0 Å². The Bertz CT molecular complexity index is 1270. The van der Waals surface area contributed by atoms with Crippen molar-refractivity contribution < 1.29 is 9.47 Å². The molecule has 5 heterocycles. The van der Waals surface area contributed by atoms with Gasteiger partial charge in [0.2, 0.25) is 0 Å². The molecule has 1 aliphatic heterocycles. The van der Waals surface area contributed by atoms with Gasteiger partial charge < -0.3 is 9.47 Å². The summed E-state index contributed by atoms with van der Waals surface area (Å²) in [6, 6.07) is 2.36. The van der Waals surface area contributed by atoms with E-state index in [0.717, 1.165) is 40.9 Å². The van der Waals surface area contributed by atoms with Gasteiger partial charge in [-0.25, -0.2) is 9.50 Å².